The Kier molecular flexibility index (Phi) is 6.30. The lowest BCUT2D eigenvalue weighted by atomic mass is 9.70. The van der Waals surface area contributed by atoms with Gasteiger partial charge in [-0.15, -0.1) is 0 Å². The first kappa shape index (κ1) is 22.1. The Bertz CT molecular complexity index is 668. The van der Waals surface area contributed by atoms with Crippen LogP contribution in [-0.4, -0.2) is 48.1 Å². The second-order valence-electron chi connectivity index (χ2n) is 9.74. The molecule has 7 heteroatoms. The fourth-order valence-corrected chi connectivity index (χ4v) is 4.73. The number of alkyl carbamates (subject to hydrolysis) is 1. The third-order valence-corrected chi connectivity index (χ3v) is 6.56. The van der Waals surface area contributed by atoms with Gasteiger partial charge in [-0.05, 0) is 58.8 Å². The van der Waals surface area contributed by atoms with Gasteiger partial charge >= 0.3 is 6.09 Å². The summed E-state index contributed by atoms with van der Waals surface area (Å²) in [6.45, 7) is 11.0. The van der Waals surface area contributed by atoms with Crippen molar-refractivity contribution < 1.29 is 23.8 Å². The highest BCUT2D eigenvalue weighted by molar-refractivity contribution is 5.84. The number of nitrogens with two attached hydrogens (primary N) is 1. The second kappa shape index (κ2) is 8.26. The van der Waals surface area contributed by atoms with Gasteiger partial charge in [-0.3, -0.25) is 4.79 Å². The maximum atomic E-state index is 12.4. The van der Waals surface area contributed by atoms with Crippen LogP contribution in [-0.2, 0) is 19.0 Å². The molecular formula is C22H36N2O5. The molecule has 0 radical (unpaired) electrons. The molecule has 6 atom stereocenters. The molecule has 1 spiro atoms. The van der Waals surface area contributed by atoms with E-state index in [1.54, 1.807) is 0 Å². The zero-order valence-electron chi connectivity index (χ0n) is 18.3. The van der Waals surface area contributed by atoms with Gasteiger partial charge < -0.3 is 25.3 Å². The highest BCUT2D eigenvalue weighted by atomic mass is 16.6. The van der Waals surface area contributed by atoms with Gasteiger partial charge in [0, 0.05) is 5.92 Å². The Labute approximate surface area is 173 Å². The second-order valence-corrected chi connectivity index (χ2v) is 9.74. The van der Waals surface area contributed by atoms with E-state index in [9.17, 15) is 9.59 Å². The van der Waals surface area contributed by atoms with Crippen molar-refractivity contribution in [3.05, 3.63) is 11.6 Å². The number of epoxide rings is 2. The molecule has 7 nitrogen and oxygen atoms in total. The number of hydrogen-bond donors (Lipinski definition) is 2. The van der Waals surface area contributed by atoms with Crippen molar-refractivity contribution in [1.29, 1.82) is 0 Å². The molecule has 3 aliphatic rings. The summed E-state index contributed by atoms with van der Waals surface area (Å²) in [5, 5.41) is 2.64. The van der Waals surface area contributed by atoms with E-state index < -0.39 is 18.0 Å². The van der Waals surface area contributed by atoms with Crippen LogP contribution >= 0.6 is 0 Å². The fourth-order valence-electron chi connectivity index (χ4n) is 4.73. The maximum Gasteiger partial charge on any atom is 0.408 e. The first-order valence-corrected chi connectivity index (χ1v) is 10.8. The van der Waals surface area contributed by atoms with E-state index >= 15 is 0 Å². The lowest BCUT2D eigenvalue weighted by Crippen LogP contribution is -2.48. The van der Waals surface area contributed by atoms with E-state index in [1.165, 1.54) is 5.57 Å². The zero-order valence-corrected chi connectivity index (χ0v) is 18.3. The lowest BCUT2D eigenvalue weighted by Gasteiger charge is -2.36. The molecular weight excluding hydrogens is 372 g/mol. The quantitative estimate of drug-likeness (QED) is 0.474. The Hall–Kier alpha value is -1.60. The molecule has 2 saturated heterocycles. The third kappa shape index (κ3) is 5.12. The van der Waals surface area contributed by atoms with Gasteiger partial charge in [0.25, 0.3) is 0 Å². The minimum Gasteiger partial charge on any atom is -0.446 e. The highest BCUT2D eigenvalue weighted by Crippen LogP contribution is 2.59. The summed E-state index contributed by atoms with van der Waals surface area (Å²) in [7, 11) is 0. The molecule has 3 fully saturated rings. The predicted molar refractivity (Wildman–Crippen MR) is 109 cm³/mol. The van der Waals surface area contributed by atoms with Crippen molar-refractivity contribution in [3.63, 3.8) is 0 Å². The van der Waals surface area contributed by atoms with Crippen LogP contribution in [0.4, 0.5) is 4.79 Å². The summed E-state index contributed by atoms with van der Waals surface area (Å²) in [5.41, 5.74) is 6.33. The van der Waals surface area contributed by atoms with Crippen molar-refractivity contribution in [2.24, 2.45) is 17.6 Å². The molecule has 0 aromatic carbocycles. The van der Waals surface area contributed by atoms with E-state index in [0.717, 1.165) is 25.9 Å². The average Bonchev–Trinajstić information content (AvgIpc) is 3.52. The molecule has 0 unspecified atom stereocenters. The van der Waals surface area contributed by atoms with Gasteiger partial charge in [0.05, 0.1) is 23.9 Å². The van der Waals surface area contributed by atoms with E-state index in [4.69, 9.17) is 19.9 Å². The highest BCUT2D eigenvalue weighted by Gasteiger charge is 2.68. The minimum absolute atomic E-state index is 0.127. The number of rotatable bonds is 8. The van der Waals surface area contributed by atoms with Gasteiger partial charge in [0.1, 0.15) is 12.1 Å². The molecule has 2 heterocycles. The van der Waals surface area contributed by atoms with Crippen LogP contribution in [0.2, 0.25) is 0 Å². The molecule has 0 bridgehead atoms. The van der Waals surface area contributed by atoms with Gasteiger partial charge in [-0.1, -0.05) is 25.5 Å². The molecule has 2 aliphatic heterocycles. The number of carbonyl (C=O) groups excluding carboxylic acids is 2. The Balaban J connectivity index is 1.58. The van der Waals surface area contributed by atoms with Crippen LogP contribution in [0.1, 0.15) is 66.7 Å². The van der Waals surface area contributed by atoms with Crippen LogP contribution in [0.3, 0.4) is 0 Å². The van der Waals surface area contributed by atoms with Crippen LogP contribution < -0.4 is 11.1 Å². The van der Waals surface area contributed by atoms with E-state index in [0.29, 0.717) is 12.8 Å². The number of amides is 2. The standard InChI is InChI=1S/C22H36N2O5/c1-13(2)6-7-18-21(5,29-18)17-11-15(8-9-22(17)12-27-22)28-20(26)24-16(19(23)25)10-14(3)4/h6,14-18H,7-12H2,1-5H3,(H2,23,25)(H,24,26)/t15-,16-,17-,18-,21-,22+/m1/s1. The topological polar surface area (TPSA) is 106 Å². The van der Waals surface area contributed by atoms with Crippen molar-refractivity contribution in [1.82, 2.24) is 5.32 Å². The first-order valence-electron chi connectivity index (χ1n) is 10.8. The van der Waals surface area contributed by atoms with E-state index in [-0.39, 0.29) is 35.2 Å². The number of allylic oxidation sites excluding steroid dienone is 1. The van der Waals surface area contributed by atoms with Crippen molar-refractivity contribution >= 4 is 12.0 Å². The Morgan fingerprint density at radius 1 is 1.34 bits per heavy atom. The summed E-state index contributed by atoms with van der Waals surface area (Å²) in [5.74, 6) is -0.105. The van der Waals surface area contributed by atoms with Gasteiger partial charge in [0.2, 0.25) is 5.91 Å². The van der Waals surface area contributed by atoms with Gasteiger partial charge in [-0.25, -0.2) is 4.79 Å². The molecule has 0 aromatic rings. The largest absolute Gasteiger partial charge is 0.446 e. The maximum absolute atomic E-state index is 12.4. The summed E-state index contributed by atoms with van der Waals surface area (Å²) in [6, 6.07) is -0.710. The molecule has 3 N–H and O–H groups in total. The number of hydrogen-bond acceptors (Lipinski definition) is 5. The van der Waals surface area contributed by atoms with Crippen LogP contribution in [0, 0.1) is 11.8 Å². The number of primary amides is 1. The van der Waals surface area contributed by atoms with Crippen molar-refractivity contribution in [2.75, 3.05) is 6.61 Å². The summed E-state index contributed by atoms with van der Waals surface area (Å²) >= 11 is 0. The summed E-state index contributed by atoms with van der Waals surface area (Å²) < 4.78 is 17.7. The molecule has 3 rings (SSSR count). The third-order valence-electron chi connectivity index (χ3n) is 6.56. The zero-order chi connectivity index (χ0) is 21.4. The molecule has 2 amide bonds. The number of ether oxygens (including phenoxy) is 3. The minimum atomic E-state index is -0.710. The van der Waals surface area contributed by atoms with E-state index in [2.05, 4.69) is 32.2 Å². The Morgan fingerprint density at radius 3 is 2.59 bits per heavy atom. The smallest absolute Gasteiger partial charge is 0.408 e. The molecule has 1 saturated carbocycles. The predicted octanol–water partition coefficient (Wildman–Crippen LogP) is 3.06. The molecule has 164 valence electrons. The van der Waals surface area contributed by atoms with Gasteiger partial charge in [-0.2, -0.15) is 0 Å². The SMILES string of the molecule is CC(C)=CC[C@H]1O[C@]1(C)[C@H]1C[C@H](OC(=O)N[C@H](CC(C)C)C(N)=O)CC[C@]12CO2. The monoisotopic (exact) mass is 408 g/mol. The normalized spacial score (nSPS) is 36.4. The Morgan fingerprint density at radius 2 is 2.03 bits per heavy atom. The van der Waals surface area contributed by atoms with Crippen LogP contribution in [0.25, 0.3) is 0 Å². The van der Waals surface area contributed by atoms with Crippen molar-refractivity contribution in [3.8, 4) is 0 Å². The number of carbonyl (C=O) groups is 2. The molecule has 0 aromatic heterocycles. The molecule has 29 heavy (non-hydrogen) atoms. The van der Waals surface area contributed by atoms with Crippen LogP contribution in [0.5, 0.6) is 0 Å². The average molecular weight is 409 g/mol. The summed E-state index contributed by atoms with van der Waals surface area (Å²) in [4.78, 5) is 24.0. The van der Waals surface area contributed by atoms with Gasteiger partial charge in [0.15, 0.2) is 0 Å². The number of nitrogens with one attached hydrogen (secondary N) is 1. The fraction of sp³-hybridized carbons (Fsp3) is 0.818. The van der Waals surface area contributed by atoms with Crippen molar-refractivity contribution in [2.45, 2.75) is 96.2 Å². The first-order chi connectivity index (χ1) is 13.6. The van der Waals surface area contributed by atoms with Crippen LogP contribution in [0.15, 0.2) is 11.6 Å². The van der Waals surface area contributed by atoms with E-state index in [1.807, 2.05) is 13.8 Å². The summed E-state index contributed by atoms with van der Waals surface area (Å²) in [6.07, 6.45) is 5.31. The molecule has 1 aliphatic carbocycles. The lowest BCUT2D eigenvalue weighted by molar-refractivity contribution is -0.120.